The number of β-lactam (4-membered cyclic amide) rings is 1. The molecule has 0 spiro atoms. The van der Waals surface area contributed by atoms with Crippen molar-refractivity contribution < 1.29 is 62.6 Å². The predicted molar refractivity (Wildman–Crippen MR) is 97.9 cm³/mol. The van der Waals surface area contributed by atoms with Crippen molar-refractivity contribution in [3.63, 3.8) is 0 Å². The van der Waals surface area contributed by atoms with Gasteiger partial charge in [-0.2, -0.15) is 0 Å². The van der Waals surface area contributed by atoms with Crippen LogP contribution in [0.1, 0.15) is 5.69 Å². The van der Waals surface area contributed by atoms with Gasteiger partial charge in [0.2, 0.25) is 5.91 Å². The van der Waals surface area contributed by atoms with Gasteiger partial charge in [-0.25, -0.2) is 8.42 Å². The van der Waals surface area contributed by atoms with Crippen LogP contribution >= 0.6 is 0 Å². The summed E-state index contributed by atoms with van der Waals surface area (Å²) in [6.45, 7) is -0.321. The van der Waals surface area contributed by atoms with Crippen molar-refractivity contribution in [2.75, 3.05) is 18.9 Å². The van der Waals surface area contributed by atoms with E-state index in [1.807, 2.05) is 0 Å². The van der Waals surface area contributed by atoms with E-state index >= 15 is 0 Å². The van der Waals surface area contributed by atoms with Crippen molar-refractivity contribution >= 4 is 33.7 Å². The third-order valence-electron chi connectivity index (χ3n) is 4.24. The number of rotatable bonds is 6. The summed E-state index contributed by atoms with van der Waals surface area (Å²) in [5.74, 6) is -3.87. The van der Waals surface area contributed by atoms with Crippen LogP contribution < -0.4 is 40.0 Å². The molecule has 0 saturated carbocycles. The number of aromatic nitrogens is 1. The molecule has 0 bridgehead atoms. The van der Waals surface area contributed by atoms with Gasteiger partial charge >= 0.3 is 29.6 Å². The summed E-state index contributed by atoms with van der Waals surface area (Å²) in [6, 6.07) is 4.89. The number of allylic oxidation sites excluding steroid dienone is 1. The van der Waals surface area contributed by atoms with E-state index in [0.29, 0.717) is 10.6 Å². The van der Waals surface area contributed by atoms with E-state index in [1.165, 1.54) is 12.3 Å². The first-order valence-corrected chi connectivity index (χ1v) is 10.2. The third kappa shape index (κ3) is 4.71. The minimum Gasteiger partial charge on any atom is -0.543 e. The fourth-order valence-corrected chi connectivity index (χ4v) is 4.94. The maximum atomic E-state index is 12.7. The topological polar surface area (TPSA) is 157 Å². The zero-order valence-electron chi connectivity index (χ0n) is 15.9. The molecule has 0 unspecified atom stereocenters. The van der Waals surface area contributed by atoms with Crippen LogP contribution in [0, 0.1) is 0 Å². The first-order valence-electron chi connectivity index (χ1n) is 8.45. The molecule has 2 aliphatic heterocycles. The molecule has 1 atom stereocenters. The second-order valence-corrected chi connectivity index (χ2v) is 8.26. The number of carbonyl (C=O) groups is 3. The van der Waals surface area contributed by atoms with Gasteiger partial charge in [-0.1, -0.05) is 12.1 Å². The van der Waals surface area contributed by atoms with Crippen LogP contribution in [-0.4, -0.2) is 65.5 Å². The van der Waals surface area contributed by atoms with Crippen molar-refractivity contribution in [2.24, 2.45) is 0 Å². The van der Waals surface area contributed by atoms with Gasteiger partial charge in [0.25, 0.3) is 5.91 Å². The second-order valence-electron chi connectivity index (χ2n) is 6.20. The van der Waals surface area contributed by atoms with Gasteiger partial charge in [0.05, 0.1) is 35.3 Å². The molecule has 1 aromatic heterocycles. The summed E-state index contributed by atoms with van der Waals surface area (Å²) in [6.07, 6.45) is 4.72. The number of aliphatic carboxylic acids is 1. The molecule has 3 rings (SSSR count). The molecule has 0 aliphatic carbocycles. The molecule has 1 aromatic rings. The van der Waals surface area contributed by atoms with E-state index < -0.39 is 44.4 Å². The number of hydrogen-bond donors (Lipinski definition) is 2. The second kappa shape index (κ2) is 9.67. The van der Waals surface area contributed by atoms with E-state index in [9.17, 15) is 27.9 Å². The molecule has 2 amide bonds. The molecule has 1 fully saturated rings. The first-order chi connectivity index (χ1) is 13.8. The first kappa shape index (κ1) is 24.0. The van der Waals surface area contributed by atoms with Gasteiger partial charge in [-0.15, -0.1) is 0 Å². The van der Waals surface area contributed by atoms with Crippen LogP contribution in [0.3, 0.4) is 0 Å². The van der Waals surface area contributed by atoms with Crippen LogP contribution in [-0.2, 0) is 24.2 Å². The van der Waals surface area contributed by atoms with Crippen LogP contribution in [0.5, 0.6) is 0 Å². The van der Waals surface area contributed by atoms with Crippen LogP contribution in [0.2, 0.25) is 0 Å². The molecule has 2 N–H and O–H groups in total. The summed E-state index contributed by atoms with van der Waals surface area (Å²) >= 11 is 0. The summed E-state index contributed by atoms with van der Waals surface area (Å²) < 4.78 is 25.4. The van der Waals surface area contributed by atoms with Gasteiger partial charge in [-0.3, -0.25) is 19.5 Å². The summed E-state index contributed by atoms with van der Waals surface area (Å²) in [7, 11) is -3.97. The number of carboxylic acid groups (broad SMARTS) is 1. The summed E-state index contributed by atoms with van der Waals surface area (Å²) in [4.78, 5) is 40.4. The summed E-state index contributed by atoms with van der Waals surface area (Å²) in [5, 5.41) is 21.2. The number of nitrogens with zero attached hydrogens (tertiary/aromatic N) is 2. The predicted octanol–water partition coefficient (Wildman–Crippen LogP) is -5.27. The number of carbonyl (C=O) groups excluding carboxylic acids is 3. The van der Waals surface area contributed by atoms with E-state index in [4.69, 9.17) is 5.11 Å². The number of carboxylic acids is 1. The zero-order valence-corrected chi connectivity index (χ0v) is 18.8. The Morgan fingerprint density at radius 3 is 2.70 bits per heavy atom. The summed E-state index contributed by atoms with van der Waals surface area (Å²) in [5.41, 5.74) is -0.577. The van der Waals surface area contributed by atoms with E-state index in [1.54, 1.807) is 18.2 Å². The smallest absolute Gasteiger partial charge is 0.543 e. The standard InChI is InChI=1S/C18H17N3O7S.Na/c22-8-7-20-14(23)5-4-11-10-29(27,28)17-13(9-12-3-1-2-6-19-12)16(24)21(17)15(11)18(25)26;/h1-6,9,17,22H,7-8,10H2,(H,20,23)(H,25,26);/q;+1/p-1/b5-4+,13-9-;/t17-;/m1./s1. The fraction of sp³-hybridized carbons (Fsp3) is 0.222. The maximum absolute atomic E-state index is 12.7. The van der Waals surface area contributed by atoms with Crippen LogP contribution in [0.25, 0.3) is 6.08 Å². The Kier molecular flexibility index (Phi) is 7.72. The molecule has 0 aromatic carbocycles. The molecule has 12 heteroatoms. The minimum atomic E-state index is -3.97. The van der Waals surface area contributed by atoms with Crippen LogP contribution in [0.4, 0.5) is 0 Å². The Morgan fingerprint density at radius 1 is 1.37 bits per heavy atom. The van der Waals surface area contributed by atoms with E-state index in [2.05, 4.69) is 10.3 Å². The average molecular weight is 441 g/mol. The molecule has 0 radical (unpaired) electrons. The number of aliphatic hydroxyl groups excluding tert-OH is 1. The maximum Gasteiger partial charge on any atom is 1.00 e. The number of hydrogen-bond acceptors (Lipinski definition) is 8. The van der Waals surface area contributed by atoms with Gasteiger partial charge in [0.1, 0.15) is 0 Å². The van der Waals surface area contributed by atoms with E-state index in [-0.39, 0.29) is 53.9 Å². The fourth-order valence-electron chi connectivity index (χ4n) is 3.04. The Bertz CT molecular complexity index is 1060. The number of amides is 2. The van der Waals surface area contributed by atoms with Crippen molar-refractivity contribution in [2.45, 2.75) is 5.37 Å². The normalized spacial score (nSPS) is 21.1. The molecule has 30 heavy (non-hydrogen) atoms. The van der Waals surface area contributed by atoms with Crippen molar-refractivity contribution in [1.29, 1.82) is 0 Å². The number of aliphatic hydroxyl groups is 1. The molecule has 1 saturated heterocycles. The number of pyridine rings is 1. The number of sulfone groups is 1. The van der Waals surface area contributed by atoms with Crippen molar-refractivity contribution in [1.82, 2.24) is 15.2 Å². The third-order valence-corrected chi connectivity index (χ3v) is 6.10. The number of nitrogens with one attached hydrogen (secondary N) is 1. The van der Waals surface area contributed by atoms with Crippen molar-refractivity contribution in [3.8, 4) is 0 Å². The number of fused-ring (bicyclic) bond motifs is 1. The monoisotopic (exact) mass is 441 g/mol. The quantitative estimate of drug-likeness (QED) is 0.252. The zero-order chi connectivity index (χ0) is 21.2. The molecule has 3 heterocycles. The molecule has 2 aliphatic rings. The largest absolute Gasteiger partial charge is 1.00 e. The molecule has 152 valence electrons. The Balaban J connectivity index is 0.00000320. The van der Waals surface area contributed by atoms with Gasteiger partial charge in [0, 0.05) is 18.8 Å². The molecular weight excluding hydrogens is 425 g/mol. The van der Waals surface area contributed by atoms with Crippen molar-refractivity contribution in [3.05, 3.63) is 59.1 Å². The minimum absolute atomic E-state index is 0. The molecule has 10 nitrogen and oxygen atoms in total. The molecular formula is C18H16N3NaO7S. The van der Waals surface area contributed by atoms with Gasteiger partial charge in [-0.05, 0) is 23.8 Å². The average Bonchev–Trinajstić information content (AvgIpc) is 2.68. The Hall–Kier alpha value is -2.31. The SMILES string of the molecule is O=C(/C=C/C1=C(C(=O)[O-])N2C(=O)/C(=C/c3ccccn3)[C@H]2S(=O)(=O)C1)NCCO.[Na+]. The van der Waals surface area contributed by atoms with Crippen LogP contribution in [0.15, 0.2) is 53.4 Å². The van der Waals surface area contributed by atoms with Gasteiger partial charge in [0.15, 0.2) is 15.2 Å². The Labute approximate surface area is 194 Å². The Morgan fingerprint density at radius 2 is 2.10 bits per heavy atom. The van der Waals surface area contributed by atoms with Gasteiger partial charge < -0.3 is 20.3 Å². The van der Waals surface area contributed by atoms with E-state index in [0.717, 1.165) is 12.2 Å².